The van der Waals surface area contributed by atoms with Crippen LogP contribution < -0.4 is 17.0 Å². The quantitative estimate of drug-likeness (QED) is 0.159. The lowest BCUT2D eigenvalue weighted by Gasteiger charge is -2.26. The van der Waals surface area contributed by atoms with Gasteiger partial charge in [0.2, 0.25) is 0 Å². The van der Waals surface area contributed by atoms with Gasteiger partial charge in [-0.25, -0.2) is 13.2 Å². The molecular formula is C25H25F3N4O. The van der Waals surface area contributed by atoms with Gasteiger partial charge in [0.1, 0.15) is 5.82 Å². The van der Waals surface area contributed by atoms with E-state index in [-0.39, 0.29) is 33.6 Å². The maximum Gasteiger partial charge on any atom is 0.170 e. The van der Waals surface area contributed by atoms with Crippen molar-refractivity contribution < 1.29 is 18.0 Å². The minimum absolute atomic E-state index is 0.0437. The Hall–Kier alpha value is -3.36. The Balaban J connectivity index is 1.73. The molecule has 4 rings (SSSR count). The van der Waals surface area contributed by atoms with E-state index in [4.69, 9.17) is 11.6 Å². The topological polar surface area (TPSA) is 84.4 Å². The van der Waals surface area contributed by atoms with Gasteiger partial charge in [-0.2, -0.15) is 0 Å². The SMILES string of the molecule is NNc1c(N)cc(-c2cc(F)c(-c3cccc(CN4CCCCC4)c3)c(F)c2F)cc1C=O. The fourth-order valence-electron chi connectivity index (χ4n) is 4.37. The monoisotopic (exact) mass is 454 g/mol. The van der Waals surface area contributed by atoms with Crippen molar-refractivity contribution in [3.63, 3.8) is 0 Å². The predicted octanol–water partition coefficient (Wildman–Crippen LogP) is 5.10. The van der Waals surface area contributed by atoms with Crippen LogP contribution >= 0.6 is 0 Å². The molecule has 1 aliphatic heterocycles. The van der Waals surface area contributed by atoms with Gasteiger partial charge in [-0.3, -0.25) is 15.5 Å². The summed E-state index contributed by atoms with van der Waals surface area (Å²) in [6, 6.07) is 10.4. The molecule has 0 unspecified atom stereocenters. The molecule has 0 aliphatic carbocycles. The summed E-state index contributed by atoms with van der Waals surface area (Å²) < 4.78 is 45.4. The number of carbonyl (C=O) groups is 1. The number of hydrazine groups is 1. The zero-order valence-corrected chi connectivity index (χ0v) is 18.0. The molecule has 0 saturated carbocycles. The summed E-state index contributed by atoms with van der Waals surface area (Å²) in [7, 11) is 0. The third-order valence-corrected chi connectivity index (χ3v) is 6.01. The molecular weight excluding hydrogens is 429 g/mol. The first-order valence-electron chi connectivity index (χ1n) is 10.8. The first kappa shape index (κ1) is 22.8. The van der Waals surface area contributed by atoms with Crippen molar-refractivity contribution in [1.82, 2.24) is 4.90 Å². The number of anilines is 2. The van der Waals surface area contributed by atoms with Crippen molar-refractivity contribution in [3.8, 4) is 22.3 Å². The molecule has 1 aliphatic rings. The number of aldehydes is 1. The fraction of sp³-hybridized carbons (Fsp3) is 0.240. The molecule has 3 aromatic carbocycles. The molecule has 1 fully saturated rings. The number of rotatable bonds is 6. The molecule has 0 aromatic heterocycles. The number of nitrogens with one attached hydrogen (secondary N) is 1. The second-order valence-electron chi connectivity index (χ2n) is 8.24. The van der Waals surface area contributed by atoms with Crippen molar-refractivity contribution in [1.29, 1.82) is 0 Å². The van der Waals surface area contributed by atoms with Crippen molar-refractivity contribution in [2.45, 2.75) is 25.8 Å². The zero-order valence-electron chi connectivity index (χ0n) is 18.0. The molecule has 172 valence electrons. The molecule has 3 aromatic rings. The number of benzene rings is 3. The van der Waals surface area contributed by atoms with Gasteiger partial charge in [-0.15, -0.1) is 0 Å². The number of nitrogen functional groups attached to an aromatic ring is 2. The Morgan fingerprint density at radius 1 is 0.970 bits per heavy atom. The van der Waals surface area contributed by atoms with E-state index in [0.717, 1.165) is 37.6 Å². The highest BCUT2D eigenvalue weighted by Gasteiger charge is 2.22. The largest absolute Gasteiger partial charge is 0.397 e. The second-order valence-corrected chi connectivity index (χ2v) is 8.24. The van der Waals surface area contributed by atoms with Crippen LogP contribution in [0.1, 0.15) is 35.2 Å². The van der Waals surface area contributed by atoms with Crippen LogP contribution in [-0.2, 0) is 6.54 Å². The van der Waals surface area contributed by atoms with Crippen molar-refractivity contribution in [2.24, 2.45) is 5.84 Å². The molecule has 0 atom stereocenters. The fourth-order valence-corrected chi connectivity index (χ4v) is 4.37. The summed E-state index contributed by atoms with van der Waals surface area (Å²) in [4.78, 5) is 13.7. The third-order valence-electron chi connectivity index (χ3n) is 6.01. The maximum atomic E-state index is 15.2. The number of likely N-dealkylation sites (tertiary alicyclic amines) is 1. The average Bonchev–Trinajstić information content (AvgIpc) is 2.82. The van der Waals surface area contributed by atoms with Gasteiger partial charge in [0, 0.05) is 17.7 Å². The van der Waals surface area contributed by atoms with Crippen molar-refractivity contribution in [3.05, 3.63) is 71.0 Å². The normalized spacial score (nSPS) is 14.3. The molecule has 8 heteroatoms. The first-order valence-corrected chi connectivity index (χ1v) is 10.8. The summed E-state index contributed by atoms with van der Waals surface area (Å²) >= 11 is 0. The van der Waals surface area contributed by atoms with Gasteiger partial charge in [0.15, 0.2) is 17.9 Å². The van der Waals surface area contributed by atoms with E-state index in [2.05, 4.69) is 10.3 Å². The number of hydrogen-bond acceptors (Lipinski definition) is 5. The Kier molecular flexibility index (Phi) is 6.67. The summed E-state index contributed by atoms with van der Waals surface area (Å²) in [6.07, 6.45) is 3.95. The molecule has 1 saturated heterocycles. The third kappa shape index (κ3) is 4.58. The zero-order chi connectivity index (χ0) is 23.5. The smallest absolute Gasteiger partial charge is 0.170 e. The minimum atomic E-state index is -1.30. The van der Waals surface area contributed by atoms with Crippen LogP contribution in [0.5, 0.6) is 0 Å². The second kappa shape index (κ2) is 9.64. The first-order chi connectivity index (χ1) is 15.9. The highest BCUT2D eigenvalue weighted by Crippen LogP contribution is 2.37. The highest BCUT2D eigenvalue weighted by molar-refractivity contribution is 5.93. The van der Waals surface area contributed by atoms with Crippen LogP contribution in [0.4, 0.5) is 24.5 Å². The van der Waals surface area contributed by atoms with Crippen LogP contribution in [0.3, 0.4) is 0 Å². The Morgan fingerprint density at radius 3 is 2.42 bits per heavy atom. The summed E-state index contributed by atoms with van der Waals surface area (Å²) in [5.41, 5.74) is 8.88. The van der Waals surface area contributed by atoms with Gasteiger partial charge in [-0.05, 0) is 66.9 Å². The lowest BCUT2D eigenvalue weighted by atomic mass is 9.95. The molecule has 5 nitrogen and oxygen atoms in total. The van der Waals surface area contributed by atoms with Gasteiger partial charge < -0.3 is 11.2 Å². The van der Waals surface area contributed by atoms with Crippen molar-refractivity contribution in [2.75, 3.05) is 24.2 Å². The van der Waals surface area contributed by atoms with E-state index in [9.17, 15) is 4.79 Å². The summed E-state index contributed by atoms with van der Waals surface area (Å²) in [5.74, 6) is 1.93. The van der Waals surface area contributed by atoms with E-state index < -0.39 is 23.0 Å². The number of piperidine rings is 1. The highest BCUT2D eigenvalue weighted by atomic mass is 19.2. The molecule has 0 radical (unpaired) electrons. The Morgan fingerprint density at radius 2 is 1.73 bits per heavy atom. The van der Waals surface area contributed by atoms with E-state index in [0.29, 0.717) is 12.8 Å². The van der Waals surface area contributed by atoms with E-state index in [1.54, 1.807) is 18.2 Å². The van der Waals surface area contributed by atoms with Gasteiger partial charge >= 0.3 is 0 Å². The lowest BCUT2D eigenvalue weighted by molar-refractivity contribution is 0.112. The maximum absolute atomic E-state index is 15.2. The summed E-state index contributed by atoms with van der Waals surface area (Å²) in [6.45, 7) is 2.65. The Bertz CT molecular complexity index is 1190. The number of carbonyl (C=O) groups excluding carboxylic acids is 1. The number of nitrogens with zero attached hydrogens (tertiary/aromatic N) is 1. The van der Waals surface area contributed by atoms with Crippen LogP contribution in [-0.4, -0.2) is 24.3 Å². The van der Waals surface area contributed by atoms with E-state index >= 15 is 13.2 Å². The number of nitrogens with two attached hydrogens (primary N) is 2. The standard InChI is InChI=1S/C25H25F3N4O/c26-20-12-19(17-10-18(14-33)25(31-30)21(29)11-17)23(27)24(28)22(20)16-6-4-5-15(9-16)13-32-7-2-1-3-8-32/h4-6,9-12,14,31H,1-3,7-8,13,29-30H2. The molecule has 5 N–H and O–H groups in total. The van der Waals surface area contributed by atoms with Crippen LogP contribution in [0, 0.1) is 17.5 Å². The van der Waals surface area contributed by atoms with Crippen LogP contribution in [0.15, 0.2) is 42.5 Å². The molecule has 33 heavy (non-hydrogen) atoms. The van der Waals surface area contributed by atoms with E-state index in [1.165, 1.54) is 18.6 Å². The lowest BCUT2D eigenvalue weighted by Crippen LogP contribution is -2.29. The van der Waals surface area contributed by atoms with Crippen LogP contribution in [0.25, 0.3) is 22.3 Å². The molecule has 1 heterocycles. The minimum Gasteiger partial charge on any atom is -0.397 e. The predicted molar refractivity (Wildman–Crippen MR) is 124 cm³/mol. The molecule has 0 bridgehead atoms. The van der Waals surface area contributed by atoms with Gasteiger partial charge in [-0.1, -0.05) is 24.6 Å². The average molecular weight is 454 g/mol. The van der Waals surface area contributed by atoms with Crippen molar-refractivity contribution >= 4 is 17.7 Å². The number of hydrogen-bond donors (Lipinski definition) is 3. The number of halogens is 3. The van der Waals surface area contributed by atoms with Gasteiger partial charge in [0.25, 0.3) is 0 Å². The van der Waals surface area contributed by atoms with Crippen LogP contribution in [0.2, 0.25) is 0 Å². The van der Waals surface area contributed by atoms with Gasteiger partial charge in [0.05, 0.1) is 16.9 Å². The molecule has 0 amide bonds. The summed E-state index contributed by atoms with van der Waals surface area (Å²) in [5, 5.41) is 0. The Labute approximate surface area is 190 Å². The molecule has 0 spiro atoms. The van der Waals surface area contributed by atoms with E-state index in [1.807, 2.05) is 6.07 Å².